The third-order valence-corrected chi connectivity index (χ3v) is 4.63. The lowest BCUT2D eigenvalue weighted by Crippen LogP contribution is -2.34. The summed E-state index contributed by atoms with van der Waals surface area (Å²) in [6.07, 6.45) is 1.68. The first-order valence-corrected chi connectivity index (χ1v) is 10.4. The standard InChI is InChI=1S/C22H22N4O4S/c1-22(2,3)30-18(27)12-24-19(28)14-7-9-15(10-8-14)20(29)26-21-25-17(13-31-21)16-6-4-5-11-23-16/h4-11,13H,12H2,1-3H3,(H,24,28)(H,25,26,29). The molecule has 0 aliphatic heterocycles. The van der Waals surface area contributed by atoms with E-state index in [1.807, 2.05) is 23.6 Å². The van der Waals surface area contributed by atoms with E-state index in [9.17, 15) is 14.4 Å². The molecule has 160 valence electrons. The molecule has 9 heteroatoms. The van der Waals surface area contributed by atoms with E-state index in [0.717, 1.165) is 5.69 Å². The summed E-state index contributed by atoms with van der Waals surface area (Å²) in [5.41, 5.74) is 1.48. The molecule has 0 unspecified atom stereocenters. The second-order valence-electron chi connectivity index (χ2n) is 7.55. The summed E-state index contributed by atoms with van der Waals surface area (Å²) in [7, 11) is 0. The minimum absolute atomic E-state index is 0.235. The van der Waals surface area contributed by atoms with Crippen molar-refractivity contribution in [2.75, 3.05) is 11.9 Å². The van der Waals surface area contributed by atoms with Crippen molar-refractivity contribution in [3.8, 4) is 11.4 Å². The SMILES string of the molecule is CC(C)(C)OC(=O)CNC(=O)c1ccc(C(=O)Nc2nc(-c3ccccn3)cs2)cc1. The first-order chi connectivity index (χ1) is 14.7. The largest absolute Gasteiger partial charge is 0.459 e. The zero-order valence-corrected chi connectivity index (χ0v) is 18.2. The first-order valence-electron chi connectivity index (χ1n) is 9.50. The molecule has 0 aliphatic carbocycles. The lowest BCUT2D eigenvalue weighted by molar-refractivity contribution is -0.153. The number of amides is 2. The van der Waals surface area contributed by atoms with E-state index < -0.39 is 17.5 Å². The van der Waals surface area contributed by atoms with E-state index in [4.69, 9.17) is 4.74 Å². The fourth-order valence-electron chi connectivity index (χ4n) is 2.54. The molecule has 3 aromatic rings. The van der Waals surface area contributed by atoms with Gasteiger partial charge in [0.25, 0.3) is 11.8 Å². The van der Waals surface area contributed by atoms with E-state index in [2.05, 4.69) is 20.6 Å². The number of nitrogens with one attached hydrogen (secondary N) is 2. The summed E-state index contributed by atoms with van der Waals surface area (Å²) in [5.74, 6) is -1.30. The number of pyridine rings is 1. The number of esters is 1. The fourth-order valence-corrected chi connectivity index (χ4v) is 3.24. The van der Waals surface area contributed by atoms with Gasteiger partial charge in [-0.3, -0.25) is 24.7 Å². The highest BCUT2D eigenvalue weighted by Gasteiger charge is 2.17. The number of aromatic nitrogens is 2. The van der Waals surface area contributed by atoms with Crippen LogP contribution in [0.5, 0.6) is 0 Å². The van der Waals surface area contributed by atoms with Gasteiger partial charge < -0.3 is 10.1 Å². The van der Waals surface area contributed by atoms with Crippen molar-refractivity contribution in [3.63, 3.8) is 0 Å². The topological polar surface area (TPSA) is 110 Å². The highest BCUT2D eigenvalue weighted by Crippen LogP contribution is 2.23. The molecule has 0 atom stereocenters. The van der Waals surface area contributed by atoms with E-state index >= 15 is 0 Å². The van der Waals surface area contributed by atoms with Gasteiger partial charge >= 0.3 is 5.97 Å². The summed E-state index contributed by atoms with van der Waals surface area (Å²) in [4.78, 5) is 45.0. The number of rotatable bonds is 6. The summed E-state index contributed by atoms with van der Waals surface area (Å²) in [5, 5.41) is 7.50. The molecule has 2 aromatic heterocycles. The molecule has 0 radical (unpaired) electrons. The smallest absolute Gasteiger partial charge is 0.325 e. The molecule has 0 spiro atoms. The van der Waals surface area contributed by atoms with Crippen molar-refractivity contribution in [1.29, 1.82) is 0 Å². The number of hydrogen-bond acceptors (Lipinski definition) is 7. The summed E-state index contributed by atoms with van der Waals surface area (Å²) < 4.78 is 5.15. The monoisotopic (exact) mass is 438 g/mol. The first kappa shape index (κ1) is 22.1. The predicted molar refractivity (Wildman–Crippen MR) is 118 cm³/mol. The Balaban J connectivity index is 1.56. The van der Waals surface area contributed by atoms with Crippen LogP contribution < -0.4 is 10.6 Å². The maximum absolute atomic E-state index is 12.5. The Morgan fingerprint density at radius 2 is 1.65 bits per heavy atom. The summed E-state index contributed by atoms with van der Waals surface area (Å²) in [6, 6.07) is 11.6. The van der Waals surface area contributed by atoms with E-state index in [1.54, 1.807) is 27.0 Å². The third-order valence-electron chi connectivity index (χ3n) is 3.87. The number of carbonyl (C=O) groups is 3. The van der Waals surface area contributed by atoms with Crippen LogP contribution in [-0.4, -0.2) is 39.9 Å². The Morgan fingerprint density at radius 3 is 2.26 bits per heavy atom. The Hall–Kier alpha value is -3.59. The summed E-state index contributed by atoms with van der Waals surface area (Å²) >= 11 is 1.30. The molecular weight excluding hydrogens is 416 g/mol. The van der Waals surface area contributed by atoms with Crippen LogP contribution in [0.15, 0.2) is 54.0 Å². The quantitative estimate of drug-likeness (QED) is 0.570. The molecule has 2 N–H and O–H groups in total. The van der Waals surface area contributed by atoms with Crippen LogP contribution >= 0.6 is 11.3 Å². The molecular formula is C22H22N4O4S. The molecule has 0 aliphatic rings. The predicted octanol–water partition coefficient (Wildman–Crippen LogP) is 3.53. The molecule has 0 saturated carbocycles. The van der Waals surface area contributed by atoms with Crippen molar-refractivity contribution >= 4 is 34.3 Å². The van der Waals surface area contributed by atoms with Gasteiger partial charge in [0.15, 0.2) is 5.13 Å². The van der Waals surface area contributed by atoms with Crippen molar-refractivity contribution in [2.24, 2.45) is 0 Å². The van der Waals surface area contributed by atoms with E-state index in [-0.39, 0.29) is 12.5 Å². The second-order valence-corrected chi connectivity index (χ2v) is 8.41. The van der Waals surface area contributed by atoms with Crippen molar-refractivity contribution in [3.05, 3.63) is 65.2 Å². The van der Waals surface area contributed by atoms with Gasteiger partial charge in [-0.15, -0.1) is 11.3 Å². The van der Waals surface area contributed by atoms with Gasteiger partial charge in [0, 0.05) is 22.7 Å². The van der Waals surface area contributed by atoms with Crippen molar-refractivity contribution in [2.45, 2.75) is 26.4 Å². The lowest BCUT2D eigenvalue weighted by Gasteiger charge is -2.19. The molecule has 0 saturated heterocycles. The maximum Gasteiger partial charge on any atom is 0.325 e. The van der Waals surface area contributed by atoms with Gasteiger partial charge in [-0.05, 0) is 57.2 Å². The number of ether oxygens (including phenoxy) is 1. The number of benzene rings is 1. The van der Waals surface area contributed by atoms with Gasteiger partial charge in [0.1, 0.15) is 17.8 Å². The Morgan fingerprint density at radius 1 is 0.968 bits per heavy atom. The number of thiazole rings is 1. The minimum Gasteiger partial charge on any atom is -0.459 e. The second kappa shape index (κ2) is 9.48. The molecule has 3 rings (SSSR count). The van der Waals surface area contributed by atoms with Crippen LogP contribution in [0.4, 0.5) is 5.13 Å². The molecule has 8 nitrogen and oxygen atoms in total. The van der Waals surface area contributed by atoms with Crippen LogP contribution in [-0.2, 0) is 9.53 Å². The van der Waals surface area contributed by atoms with Crippen LogP contribution in [0.3, 0.4) is 0 Å². The molecule has 1 aromatic carbocycles. The minimum atomic E-state index is -0.618. The zero-order chi connectivity index (χ0) is 22.4. The molecule has 0 fully saturated rings. The Bertz CT molecular complexity index is 1070. The van der Waals surface area contributed by atoms with Gasteiger partial charge in [0.05, 0.1) is 5.69 Å². The van der Waals surface area contributed by atoms with Gasteiger partial charge in [-0.2, -0.15) is 0 Å². The van der Waals surface area contributed by atoms with Crippen LogP contribution in [0.2, 0.25) is 0 Å². The van der Waals surface area contributed by atoms with E-state index in [0.29, 0.717) is 22.0 Å². The summed E-state index contributed by atoms with van der Waals surface area (Å²) in [6.45, 7) is 5.02. The van der Waals surface area contributed by atoms with Gasteiger partial charge in [-0.1, -0.05) is 6.07 Å². The number of anilines is 1. The van der Waals surface area contributed by atoms with Crippen LogP contribution in [0, 0.1) is 0 Å². The normalized spacial score (nSPS) is 10.9. The average molecular weight is 439 g/mol. The van der Waals surface area contributed by atoms with Crippen molar-refractivity contribution < 1.29 is 19.1 Å². The highest BCUT2D eigenvalue weighted by atomic mass is 32.1. The number of carbonyl (C=O) groups excluding carboxylic acids is 3. The molecule has 0 bridgehead atoms. The molecule has 2 heterocycles. The Kier molecular flexibility index (Phi) is 6.76. The van der Waals surface area contributed by atoms with Crippen molar-refractivity contribution in [1.82, 2.24) is 15.3 Å². The van der Waals surface area contributed by atoms with Gasteiger partial charge in [0.2, 0.25) is 0 Å². The van der Waals surface area contributed by atoms with E-state index in [1.165, 1.54) is 35.6 Å². The van der Waals surface area contributed by atoms with Crippen LogP contribution in [0.1, 0.15) is 41.5 Å². The highest BCUT2D eigenvalue weighted by molar-refractivity contribution is 7.14. The molecule has 2 amide bonds. The average Bonchev–Trinajstić information content (AvgIpc) is 3.20. The Labute approximate surface area is 183 Å². The fraction of sp³-hybridized carbons (Fsp3) is 0.227. The van der Waals surface area contributed by atoms with Crippen LogP contribution in [0.25, 0.3) is 11.4 Å². The lowest BCUT2D eigenvalue weighted by atomic mass is 10.1. The molecule has 31 heavy (non-hydrogen) atoms. The zero-order valence-electron chi connectivity index (χ0n) is 17.3. The van der Waals surface area contributed by atoms with Gasteiger partial charge in [-0.25, -0.2) is 4.98 Å². The number of hydrogen-bond donors (Lipinski definition) is 2. The number of nitrogens with zero attached hydrogens (tertiary/aromatic N) is 2. The maximum atomic E-state index is 12.5. The third kappa shape index (κ3) is 6.45.